The predicted octanol–water partition coefficient (Wildman–Crippen LogP) is 4.37. The number of hydrogen-bond acceptors (Lipinski definition) is 2. The van der Waals surface area contributed by atoms with Crippen LogP contribution in [0.3, 0.4) is 0 Å². The van der Waals surface area contributed by atoms with Crippen LogP contribution in [0.15, 0.2) is 60.7 Å². The van der Waals surface area contributed by atoms with Gasteiger partial charge in [0.25, 0.3) is 5.91 Å². The molecule has 0 saturated heterocycles. The SMILES string of the molecule is COc1ccc(CN(C)C(=O)c2cc(C)n(-c3ccccc3)c2C)cc1. The van der Waals surface area contributed by atoms with E-state index < -0.39 is 0 Å². The molecule has 0 spiro atoms. The first-order valence-electron chi connectivity index (χ1n) is 8.64. The lowest BCUT2D eigenvalue weighted by Crippen LogP contribution is -2.26. The number of aromatic nitrogens is 1. The molecule has 2 aromatic carbocycles. The summed E-state index contributed by atoms with van der Waals surface area (Å²) in [4.78, 5) is 14.7. The number of nitrogens with zero attached hydrogens (tertiary/aromatic N) is 2. The summed E-state index contributed by atoms with van der Waals surface area (Å²) in [5.74, 6) is 0.838. The molecule has 0 unspecified atom stereocenters. The van der Waals surface area contributed by atoms with Crippen LogP contribution in [0.2, 0.25) is 0 Å². The van der Waals surface area contributed by atoms with Gasteiger partial charge in [0.1, 0.15) is 5.75 Å². The van der Waals surface area contributed by atoms with E-state index in [4.69, 9.17) is 4.74 Å². The second-order valence-corrected chi connectivity index (χ2v) is 6.47. The molecular weight excluding hydrogens is 324 g/mol. The Morgan fingerprint density at radius 2 is 1.69 bits per heavy atom. The topological polar surface area (TPSA) is 34.5 Å². The molecule has 0 atom stereocenters. The van der Waals surface area contributed by atoms with Crippen LogP contribution in [0.25, 0.3) is 5.69 Å². The third-order valence-corrected chi connectivity index (χ3v) is 4.60. The van der Waals surface area contributed by atoms with E-state index in [0.29, 0.717) is 6.54 Å². The molecule has 134 valence electrons. The van der Waals surface area contributed by atoms with Crippen molar-refractivity contribution in [1.82, 2.24) is 9.47 Å². The molecule has 0 saturated carbocycles. The summed E-state index contributed by atoms with van der Waals surface area (Å²) in [6, 6.07) is 19.9. The monoisotopic (exact) mass is 348 g/mol. The summed E-state index contributed by atoms with van der Waals surface area (Å²) in [5, 5.41) is 0. The Labute approximate surface area is 154 Å². The lowest BCUT2D eigenvalue weighted by atomic mass is 10.1. The third-order valence-electron chi connectivity index (χ3n) is 4.60. The lowest BCUT2D eigenvalue weighted by Gasteiger charge is -2.18. The second kappa shape index (κ2) is 7.48. The summed E-state index contributed by atoms with van der Waals surface area (Å²) in [7, 11) is 3.48. The lowest BCUT2D eigenvalue weighted by molar-refractivity contribution is 0.0784. The summed E-state index contributed by atoms with van der Waals surface area (Å²) in [6.07, 6.45) is 0. The molecule has 0 bridgehead atoms. The van der Waals surface area contributed by atoms with E-state index in [2.05, 4.69) is 16.7 Å². The van der Waals surface area contributed by atoms with Crippen LogP contribution in [0, 0.1) is 13.8 Å². The number of rotatable bonds is 5. The molecule has 0 N–H and O–H groups in total. The zero-order valence-electron chi connectivity index (χ0n) is 15.7. The van der Waals surface area contributed by atoms with Gasteiger partial charge in [0.15, 0.2) is 0 Å². The molecule has 0 radical (unpaired) electrons. The number of hydrogen-bond donors (Lipinski definition) is 0. The Morgan fingerprint density at radius 1 is 1.04 bits per heavy atom. The van der Waals surface area contributed by atoms with Gasteiger partial charge in [-0.25, -0.2) is 0 Å². The van der Waals surface area contributed by atoms with Gasteiger partial charge in [-0.3, -0.25) is 4.79 Å². The van der Waals surface area contributed by atoms with E-state index >= 15 is 0 Å². The highest BCUT2D eigenvalue weighted by Crippen LogP contribution is 2.22. The molecule has 1 amide bonds. The molecular formula is C22H24N2O2. The van der Waals surface area contributed by atoms with E-state index in [1.165, 1.54) is 0 Å². The quantitative estimate of drug-likeness (QED) is 0.686. The minimum atomic E-state index is 0.0242. The summed E-state index contributed by atoms with van der Waals surface area (Å²) < 4.78 is 7.30. The van der Waals surface area contributed by atoms with Crippen LogP contribution >= 0.6 is 0 Å². The number of carbonyl (C=O) groups is 1. The zero-order valence-corrected chi connectivity index (χ0v) is 15.7. The Balaban J connectivity index is 1.83. The van der Waals surface area contributed by atoms with Gasteiger partial charge >= 0.3 is 0 Å². The van der Waals surface area contributed by atoms with Gasteiger partial charge in [0, 0.05) is 30.7 Å². The Morgan fingerprint density at radius 3 is 2.31 bits per heavy atom. The van der Waals surface area contributed by atoms with Crippen LogP contribution in [-0.4, -0.2) is 29.5 Å². The molecule has 0 fully saturated rings. The number of benzene rings is 2. The van der Waals surface area contributed by atoms with E-state index in [1.54, 1.807) is 12.0 Å². The van der Waals surface area contributed by atoms with Gasteiger partial charge in [-0.2, -0.15) is 0 Å². The summed E-state index contributed by atoms with van der Waals surface area (Å²) in [5.41, 5.74) is 4.88. The number of amides is 1. The fourth-order valence-corrected chi connectivity index (χ4v) is 3.24. The predicted molar refractivity (Wildman–Crippen MR) is 104 cm³/mol. The van der Waals surface area contributed by atoms with Crippen molar-refractivity contribution in [2.24, 2.45) is 0 Å². The average Bonchev–Trinajstić information content (AvgIpc) is 2.96. The van der Waals surface area contributed by atoms with Crippen LogP contribution in [-0.2, 0) is 6.54 Å². The van der Waals surface area contributed by atoms with Crippen molar-refractivity contribution in [1.29, 1.82) is 0 Å². The van der Waals surface area contributed by atoms with Crippen molar-refractivity contribution >= 4 is 5.91 Å². The Bertz CT molecular complexity index is 896. The van der Waals surface area contributed by atoms with Crippen LogP contribution < -0.4 is 4.74 Å². The molecule has 0 aliphatic carbocycles. The first-order chi connectivity index (χ1) is 12.5. The molecule has 26 heavy (non-hydrogen) atoms. The molecule has 3 rings (SSSR count). The van der Waals surface area contributed by atoms with Crippen molar-refractivity contribution in [3.63, 3.8) is 0 Å². The minimum absolute atomic E-state index is 0.0242. The number of para-hydroxylation sites is 1. The molecule has 1 heterocycles. The number of aryl methyl sites for hydroxylation is 1. The first kappa shape index (κ1) is 17.8. The highest BCUT2D eigenvalue weighted by molar-refractivity contribution is 5.95. The maximum Gasteiger partial charge on any atom is 0.255 e. The average molecular weight is 348 g/mol. The minimum Gasteiger partial charge on any atom is -0.497 e. The fourth-order valence-electron chi connectivity index (χ4n) is 3.24. The highest BCUT2D eigenvalue weighted by Gasteiger charge is 2.19. The smallest absolute Gasteiger partial charge is 0.255 e. The third kappa shape index (κ3) is 3.49. The summed E-state index contributed by atoms with van der Waals surface area (Å²) in [6.45, 7) is 4.58. The molecule has 0 aliphatic rings. The molecule has 0 aliphatic heterocycles. The van der Waals surface area contributed by atoms with Gasteiger partial charge in [0.05, 0.1) is 12.7 Å². The van der Waals surface area contributed by atoms with Gasteiger partial charge in [0.2, 0.25) is 0 Å². The van der Waals surface area contributed by atoms with Gasteiger partial charge in [-0.1, -0.05) is 30.3 Å². The Kier molecular flexibility index (Phi) is 5.12. The summed E-state index contributed by atoms with van der Waals surface area (Å²) >= 11 is 0. The highest BCUT2D eigenvalue weighted by atomic mass is 16.5. The maximum absolute atomic E-state index is 13.0. The van der Waals surface area contributed by atoms with E-state index in [1.807, 2.05) is 69.4 Å². The van der Waals surface area contributed by atoms with Crippen LogP contribution in [0.5, 0.6) is 5.75 Å². The molecule has 3 aromatic rings. The first-order valence-corrected chi connectivity index (χ1v) is 8.64. The number of methoxy groups -OCH3 is 1. The second-order valence-electron chi connectivity index (χ2n) is 6.47. The van der Waals surface area contributed by atoms with Crippen molar-refractivity contribution in [3.05, 3.63) is 83.2 Å². The van der Waals surface area contributed by atoms with Crippen LogP contribution in [0.4, 0.5) is 0 Å². The normalized spacial score (nSPS) is 10.6. The van der Waals surface area contributed by atoms with Gasteiger partial charge < -0.3 is 14.2 Å². The maximum atomic E-state index is 13.0. The standard InChI is InChI=1S/C22H24N2O2/c1-16-14-21(17(2)24(16)19-8-6-5-7-9-19)22(25)23(3)15-18-10-12-20(26-4)13-11-18/h5-14H,15H2,1-4H3. The van der Waals surface area contributed by atoms with E-state index in [9.17, 15) is 4.79 Å². The van der Waals surface area contributed by atoms with E-state index in [0.717, 1.165) is 34.0 Å². The molecule has 1 aromatic heterocycles. The molecule has 4 heteroatoms. The largest absolute Gasteiger partial charge is 0.497 e. The van der Waals surface area contributed by atoms with Gasteiger partial charge in [-0.15, -0.1) is 0 Å². The number of carbonyl (C=O) groups excluding carboxylic acids is 1. The Hall–Kier alpha value is -3.01. The number of ether oxygens (including phenoxy) is 1. The van der Waals surface area contributed by atoms with Crippen molar-refractivity contribution in [2.45, 2.75) is 20.4 Å². The zero-order chi connectivity index (χ0) is 18.7. The van der Waals surface area contributed by atoms with Crippen molar-refractivity contribution < 1.29 is 9.53 Å². The van der Waals surface area contributed by atoms with Crippen molar-refractivity contribution in [2.75, 3.05) is 14.2 Å². The fraction of sp³-hybridized carbons (Fsp3) is 0.227. The van der Waals surface area contributed by atoms with Crippen LogP contribution in [0.1, 0.15) is 27.3 Å². The van der Waals surface area contributed by atoms with E-state index in [-0.39, 0.29) is 5.91 Å². The molecule has 4 nitrogen and oxygen atoms in total. The van der Waals surface area contributed by atoms with Gasteiger partial charge in [-0.05, 0) is 49.7 Å². The van der Waals surface area contributed by atoms with Crippen molar-refractivity contribution in [3.8, 4) is 11.4 Å².